The van der Waals surface area contributed by atoms with Crippen LogP contribution in [0.5, 0.6) is 17.2 Å². The highest BCUT2D eigenvalue weighted by molar-refractivity contribution is 9.10. The smallest absolute Gasteiger partial charge is 0.271 e. The monoisotopic (exact) mass is 583 g/mol. The molecule has 0 radical (unpaired) electrons. The van der Waals surface area contributed by atoms with Crippen molar-refractivity contribution in [3.8, 4) is 17.2 Å². The lowest BCUT2D eigenvalue weighted by Crippen LogP contribution is -2.37. The SMILES string of the molecule is CCOc1cccc(N2C(=O)[C@@H]3[C@@H](ON(c4cccc([N+](=O)[O-])c4)[C@H]3c3cc(Br)c(O)c(OC)c3)C2=O)c1. The maximum absolute atomic E-state index is 13.9. The van der Waals surface area contributed by atoms with E-state index in [0.717, 1.165) is 4.90 Å². The Morgan fingerprint density at radius 3 is 2.53 bits per heavy atom. The molecule has 3 aromatic rings. The predicted octanol–water partition coefficient (Wildman–Crippen LogP) is 4.52. The van der Waals surface area contributed by atoms with Crippen LogP contribution in [0, 0.1) is 16.0 Å². The molecular weight excluding hydrogens is 562 g/mol. The number of amides is 2. The number of ether oxygens (including phenoxy) is 2. The van der Waals surface area contributed by atoms with Gasteiger partial charge in [0.05, 0.1) is 40.5 Å². The fourth-order valence-corrected chi connectivity index (χ4v) is 5.23. The molecule has 1 N–H and O–H groups in total. The minimum atomic E-state index is -1.19. The molecule has 11 nitrogen and oxygen atoms in total. The molecular formula is C26H22BrN3O8. The average molecular weight is 584 g/mol. The summed E-state index contributed by atoms with van der Waals surface area (Å²) in [6, 6.07) is 14.6. The molecule has 0 saturated carbocycles. The van der Waals surface area contributed by atoms with Gasteiger partial charge in [-0.3, -0.25) is 24.5 Å². The normalized spacial score (nSPS) is 20.6. The van der Waals surface area contributed by atoms with Crippen molar-refractivity contribution in [1.29, 1.82) is 0 Å². The van der Waals surface area contributed by atoms with Crippen LogP contribution in [-0.4, -0.2) is 41.7 Å². The summed E-state index contributed by atoms with van der Waals surface area (Å²) in [4.78, 5) is 45.5. The molecule has 38 heavy (non-hydrogen) atoms. The Bertz CT molecular complexity index is 1450. The first kappa shape index (κ1) is 25.5. The summed E-state index contributed by atoms with van der Waals surface area (Å²) in [5, 5.41) is 23.1. The molecule has 12 heteroatoms. The van der Waals surface area contributed by atoms with Crippen molar-refractivity contribution in [3.05, 3.63) is 80.8 Å². The van der Waals surface area contributed by atoms with Gasteiger partial charge in [0.25, 0.3) is 11.6 Å². The number of benzene rings is 3. The molecule has 0 aromatic heterocycles. The van der Waals surface area contributed by atoms with E-state index in [4.69, 9.17) is 14.3 Å². The number of hydroxylamine groups is 1. The number of anilines is 2. The van der Waals surface area contributed by atoms with Gasteiger partial charge in [-0.05, 0) is 58.7 Å². The maximum Gasteiger partial charge on any atom is 0.271 e. The molecule has 2 saturated heterocycles. The number of methoxy groups -OCH3 is 1. The topological polar surface area (TPSA) is 132 Å². The summed E-state index contributed by atoms with van der Waals surface area (Å²) in [5.74, 6) is -1.58. The number of halogens is 1. The third-order valence-corrected chi connectivity index (χ3v) is 7.01. The number of non-ortho nitro benzene ring substituents is 1. The Morgan fingerprint density at radius 2 is 1.82 bits per heavy atom. The Morgan fingerprint density at radius 1 is 1.08 bits per heavy atom. The Balaban J connectivity index is 1.62. The second-order valence-corrected chi connectivity index (χ2v) is 9.45. The van der Waals surface area contributed by atoms with Crippen molar-refractivity contribution in [1.82, 2.24) is 0 Å². The zero-order valence-electron chi connectivity index (χ0n) is 20.2. The molecule has 0 spiro atoms. The van der Waals surface area contributed by atoms with Gasteiger partial charge < -0.3 is 14.6 Å². The van der Waals surface area contributed by atoms with Gasteiger partial charge in [-0.25, -0.2) is 9.96 Å². The van der Waals surface area contributed by atoms with Crippen molar-refractivity contribution >= 4 is 44.8 Å². The predicted molar refractivity (Wildman–Crippen MR) is 139 cm³/mol. The number of carbonyl (C=O) groups excluding carboxylic acids is 2. The lowest BCUT2D eigenvalue weighted by atomic mass is 9.90. The number of imide groups is 1. The minimum absolute atomic E-state index is 0.134. The number of hydrogen-bond donors (Lipinski definition) is 1. The van der Waals surface area contributed by atoms with E-state index in [2.05, 4.69) is 15.9 Å². The van der Waals surface area contributed by atoms with Gasteiger partial charge >= 0.3 is 0 Å². The van der Waals surface area contributed by atoms with E-state index in [1.807, 2.05) is 6.92 Å². The highest BCUT2D eigenvalue weighted by atomic mass is 79.9. The minimum Gasteiger partial charge on any atom is -0.503 e. The maximum atomic E-state index is 13.9. The first-order valence-electron chi connectivity index (χ1n) is 11.6. The molecule has 5 rings (SSSR count). The van der Waals surface area contributed by atoms with Gasteiger partial charge in [0.15, 0.2) is 17.6 Å². The summed E-state index contributed by atoms with van der Waals surface area (Å²) in [6.07, 6.45) is -1.19. The number of rotatable bonds is 7. The molecule has 0 bridgehead atoms. The molecule has 196 valence electrons. The number of fused-ring (bicyclic) bond motifs is 1. The van der Waals surface area contributed by atoms with E-state index in [1.165, 1.54) is 36.4 Å². The fourth-order valence-electron chi connectivity index (χ4n) is 4.77. The number of nitro benzene ring substituents is 1. The van der Waals surface area contributed by atoms with Crippen molar-refractivity contribution in [2.24, 2.45) is 5.92 Å². The van der Waals surface area contributed by atoms with Crippen LogP contribution in [0.2, 0.25) is 0 Å². The third-order valence-electron chi connectivity index (χ3n) is 6.41. The zero-order valence-corrected chi connectivity index (χ0v) is 21.8. The summed E-state index contributed by atoms with van der Waals surface area (Å²) < 4.78 is 11.1. The molecule has 2 amide bonds. The van der Waals surface area contributed by atoms with Gasteiger partial charge in [-0.15, -0.1) is 0 Å². The molecule has 2 fully saturated rings. The molecule has 2 aliphatic rings. The first-order valence-corrected chi connectivity index (χ1v) is 12.4. The molecule has 0 unspecified atom stereocenters. The molecule has 2 heterocycles. The van der Waals surface area contributed by atoms with Crippen LogP contribution in [0.4, 0.5) is 17.1 Å². The van der Waals surface area contributed by atoms with Crippen LogP contribution in [0.25, 0.3) is 0 Å². The number of phenolic OH excluding ortho intramolecular Hbond substituents is 1. The van der Waals surface area contributed by atoms with Crippen molar-refractivity contribution in [2.75, 3.05) is 23.7 Å². The second-order valence-electron chi connectivity index (χ2n) is 8.60. The Hall–Kier alpha value is -4.16. The van der Waals surface area contributed by atoms with E-state index in [1.54, 1.807) is 36.4 Å². The van der Waals surface area contributed by atoms with Crippen LogP contribution in [-0.2, 0) is 14.4 Å². The van der Waals surface area contributed by atoms with Gasteiger partial charge in [0, 0.05) is 18.2 Å². The Labute approximate surface area is 225 Å². The van der Waals surface area contributed by atoms with E-state index in [9.17, 15) is 24.8 Å². The van der Waals surface area contributed by atoms with Gasteiger partial charge in [0.2, 0.25) is 5.91 Å². The van der Waals surface area contributed by atoms with Crippen LogP contribution in [0.3, 0.4) is 0 Å². The van der Waals surface area contributed by atoms with Crippen molar-refractivity contribution < 1.29 is 33.9 Å². The number of nitro groups is 1. The zero-order chi connectivity index (χ0) is 27.1. The lowest BCUT2D eigenvalue weighted by molar-refractivity contribution is -0.384. The van der Waals surface area contributed by atoms with Crippen molar-refractivity contribution in [3.63, 3.8) is 0 Å². The molecule has 3 atom stereocenters. The third kappa shape index (κ3) is 4.21. The number of phenols is 1. The Kier molecular flexibility index (Phi) is 6.67. The molecule has 2 aliphatic heterocycles. The van der Waals surface area contributed by atoms with E-state index < -0.39 is 34.8 Å². The van der Waals surface area contributed by atoms with E-state index >= 15 is 0 Å². The largest absolute Gasteiger partial charge is 0.503 e. The van der Waals surface area contributed by atoms with Crippen LogP contribution in [0.1, 0.15) is 18.5 Å². The van der Waals surface area contributed by atoms with Gasteiger partial charge in [-0.1, -0.05) is 12.1 Å². The quantitative estimate of drug-likeness (QED) is 0.242. The first-order chi connectivity index (χ1) is 18.2. The van der Waals surface area contributed by atoms with E-state index in [0.29, 0.717) is 28.1 Å². The van der Waals surface area contributed by atoms with Gasteiger partial charge in [-0.2, -0.15) is 0 Å². The summed E-state index contributed by atoms with van der Waals surface area (Å²) in [7, 11) is 1.38. The van der Waals surface area contributed by atoms with Crippen LogP contribution in [0.15, 0.2) is 65.1 Å². The summed E-state index contributed by atoms with van der Waals surface area (Å²) in [5.41, 5.74) is 0.927. The van der Waals surface area contributed by atoms with Crippen molar-refractivity contribution in [2.45, 2.75) is 19.1 Å². The number of carbonyl (C=O) groups is 2. The van der Waals surface area contributed by atoms with Gasteiger partial charge in [0.1, 0.15) is 11.7 Å². The number of hydrogen-bond acceptors (Lipinski definition) is 9. The van der Waals surface area contributed by atoms with Crippen LogP contribution < -0.4 is 19.4 Å². The number of nitrogens with zero attached hydrogens (tertiary/aromatic N) is 3. The van der Waals surface area contributed by atoms with E-state index in [-0.39, 0.29) is 22.9 Å². The fraction of sp³-hybridized carbons (Fsp3) is 0.231. The lowest BCUT2D eigenvalue weighted by Gasteiger charge is -2.29. The average Bonchev–Trinajstić information content (AvgIpc) is 3.41. The standard InChI is InChI=1S/C26H22BrN3O8/c1-3-37-18-9-5-6-15(13-18)28-25(32)21-22(14-10-19(27)23(31)20(11-14)36-2)29(38-24(21)26(28)33)16-7-4-8-17(12-16)30(34)35/h4-13,21-22,24,31H,3H2,1-2H3/t21-,22-,24+/m0/s1. The molecule has 3 aromatic carbocycles. The highest BCUT2D eigenvalue weighted by Crippen LogP contribution is 2.50. The summed E-state index contributed by atoms with van der Waals surface area (Å²) >= 11 is 3.31. The number of aromatic hydroxyl groups is 1. The van der Waals surface area contributed by atoms with Crippen LogP contribution >= 0.6 is 15.9 Å². The highest BCUT2D eigenvalue weighted by Gasteiger charge is 2.60. The summed E-state index contributed by atoms with van der Waals surface area (Å²) in [6.45, 7) is 2.24. The second kappa shape index (κ2) is 9.95. The molecule has 0 aliphatic carbocycles.